The third-order valence-corrected chi connectivity index (χ3v) is 4.80. The average molecular weight is 339 g/mol. The van der Waals surface area contributed by atoms with Gasteiger partial charge in [-0.25, -0.2) is 0 Å². The summed E-state index contributed by atoms with van der Waals surface area (Å²) in [4.78, 5) is 13.8. The van der Waals surface area contributed by atoms with Crippen LogP contribution in [0.5, 0.6) is 5.75 Å². The fraction of sp³-hybridized carbons (Fsp3) is 0.381. The van der Waals surface area contributed by atoms with Gasteiger partial charge in [-0.3, -0.25) is 4.79 Å². The lowest BCUT2D eigenvalue weighted by Gasteiger charge is -2.12. The third kappa shape index (κ3) is 5.33. The summed E-state index contributed by atoms with van der Waals surface area (Å²) >= 11 is 0. The van der Waals surface area contributed by atoms with E-state index in [1.807, 2.05) is 24.3 Å². The van der Waals surface area contributed by atoms with Crippen molar-refractivity contribution >= 4 is 5.91 Å². The Balaban J connectivity index is 1.44. The molecule has 1 fully saturated rings. The first-order valence-corrected chi connectivity index (χ1v) is 9.04. The molecule has 2 aromatic rings. The van der Waals surface area contributed by atoms with Crippen LogP contribution in [0.1, 0.15) is 29.5 Å². The van der Waals surface area contributed by atoms with Gasteiger partial charge in [-0.15, -0.1) is 0 Å². The Morgan fingerprint density at radius 1 is 0.960 bits per heavy atom. The molecule has 4 nitrogen and oxygen atoms in total. The van der Waals surface area contributed by atoms with Crippen molar-refractivity contribution in [1.82, 2.24) is 5.32 Å². The van der Waals surface area contributed by atoms with Crippen LogP contribution in [0.3, 0.4) is 0 Å². The predicted octanol–water partition coefficient (Wildman–Crippen LogP) is 1.73. The Morgan fingerprint density at radius 3 is 2.20 bits per heavy atom. The second-order valence-corrected chi connectivity index (χ2v) is 6.75. The van der Waals surface area contributed by atoms with Crippen molar-refractivity contribution in [3.05, 3.63) is 65.2 Å². The molecule has 0 atom stereocenters. The molecular formula is C21H27N2O2+. The van der Waals surface area contributed by atoms with Gasteiger partial charge in [0.15, 0.2) is 0 Å². The van der Waals surface area contributed by atoms with E-state index in [0.29, 0.717) is 13.0 Å². The largest absolute Gasteiger partial charge is 0.497 e. The van der Waals surface area contributed by atoms with Gasteiger partial charge in [0.2, 0.25) is 5.91 Å². The van der Waals surface area contributed by atoms with Gasteiger partial charge in [0.1, 0.15) is 12.3 Å². The summed E-state index contributed by atoms with van der Waals surface area (Å²) in [6.07, 6.45) is 3.10. The molecule has 0 spiro atoms. The highest BCUT2D eigenvalue weighted by Crippen LogP contribution is 2.11. The summed E-state index contributed by atoms with van der Waals surface area (Å²) in [6.45, 7) is 4.28. The van der Waals surface area contributed by atoms with Crippen molar-refractivity contribution in [2.45, 2.75) is 32.4 Å². The van der Waals surface area contributed by atoms with Gasteiger partial charge in [-0.2, -0.15) is 0 Å². The van der Waals surface area contributed by atoms with Gasteiger partial charge in [-0.1, -0.05) is 36.4 Å². The minimum Gasteiger partial charge on any atom is -0.497 e. The molecule has 0 unspecified atom stereocenters. The minimum absolute atomic E-state index is 0.0377. The van der Waals surface area contributed by atoms with Gasteiger partial charge in [-0.05, 0) is 23.3 Å². The Morgan fingerprint density at radius 2 is 1.56 bits per heavy atom. The molecular weight excluding hydrogens is 312 g/mol. The molecule has 1 amide bonds. The topological polar surface area (TPSA) is 42.8 Å². The average Bonchev–Trinajstić information content (AvgIpc) is 3.15. The number of likely N-dealkylation sites (tertiary alicyclic amines) is 1. The number of hydrogen-bond donors (Lipinski definition) is 2. The van der Waals surface area contributed by atoms with Crippen LogP contribution in [0.2, 0.25) is 0 Å². The Labute approximate surface area is 149 Å². The number of benzene rings is 2. The van der Waals surface area contributed by atoms with E-state index >= 15 is 0 Å². The highest BCUT2D eigenvalue weighted by atomic mass is 16.5. The van der Waals surface area contributed by atoms with Crippen LogP contribution in [0.25, 0.3) is 0 Å². The molecule has 4 heteroatoms. The van der Waals surface area contributed by atoms with Crippen LogP contribution in [-0.4, -0.2) is 26.1 Å². The summed E-state index contributed by atoms with van der Waals surface area (Å²) in [5, 5.41) is 2.99. The van der Waals surface area contributed by atoms with Crippen molar-refractivity contribution in [2.24, 2.45) is 0 Å². The molecule has 2 N–H and O–H groups in total. The second-order valence-electron chi connectivity index (χ2n) is 6.75. The standard InChI is InChI=1S/C21H26N2O2/c1-25-20-10-8-17(9-11-20)14-21(24)22-15-18-4-6-19(7-5-18)16-23-12-2-3-13-23/h4-11H,2-3,12-16H2,1H3,(H,22,24)/p+1. The molecule has 1 aliphatic heterocycles. The van der Waals surface area contributed by atoms with Crippen molar-refractivity contribution < 1.29 is 14.4 Å². The highest BCUT2D eigenvalue weighted by molar-refractivity contribution is 5.78. The van der Waals surface area contributed by atoms with Crippen LogP contribution >= 0.6 is 0 Å². The number of ether oxygens (including phenoxy) is 1. The zero-order valence-electron chi connectivity index (χ0n) is 14.9. The maximum absolute atomic E-state index is 12.1. The van der Waals surface area contributed by atoms with E-state index in [9.17, 15) is 4.79 Å². The SMILES string of the molecule is COc1ccc(CC(=O)NCc2ccc(C[NH+]3CCCC3)cc2)cc1. The van der Waals surface area contributed by atoms with Crippen molar-refractivity contribution in [2.75, 3.05) is 20.2 Å². The zero-order chi connectivity index (χ0) is 17.5. The van der Waals surface area contributed by atoms with Crippen LogP contribution in [0, 0.1) is 0 Å². The van der Waals surface area contributed by atoms with Gasteiger partial charge in [0, 0.05) is 24.9 Å². The predicted molar refractivity (Wildman–Crippen MR) is 98.6 cm³/mol. The van der Waals surface area contributed by atoms with Crippen LogP contribution < -0.4 is 15.0 Å². The zero-order valence-corrected chi connectivity index (χ0v) is 14.9. The number of nitrogens with one attached hydrogen (secondary N) is 2. The summed E-state index contributed by atoms with van der Waals surface area (Å²) in [5.74, 6) is 0.843. The molecule has 0 bridgehead atoms. The number of rotatable bonds is 7. The number of hydrogen-bond acceptors (Lipinski definition) is 2. The first kappa shape index (κ1) is 17.5. The van der Waals surface area contributed by atoms with Crippen LogP contribution in [-0.2, 0) is 24.3 Å². The molecule has 25 heavy (non-hydrogen) atoms. The summed E-state index contributed by atoms with van der Waals surface area (Å²) in [6, 6.07) is 16.2. The summed E-state index contributed by atoms with van der Waals surface area (Å²) < 4.78 is 5.13. The van der Waals surface area contributed by atoms with E-state index in [1.54, 1.807) is 12.0 Å². The fourth-order valence-corrected chi connectivity index (χ4v) is 3.31. The molecule has 3 rings (SSSR count). The van der Waals surface area contributed by atoms with Crippen molar-refractivity contribution in [3.63, 3.8) is 0 Å². The maximum atomic E-state index is 12.1. The second kappa shape index (κ2) is 8.67. The monoisotopic (exact) mass is 339 g/mol. The third-order valence-electron chi connectivity index (χ3n) is 4.80. The van der Waals surface area contributed by atoms with Gasteiger partial charge in [0.25, 0.3) is 0 Å². The fourth-order valence-electron chi connectivity index (χ4n) is 3.31. The molecule has 0 saturated carbocycles. The lowest BCUT2D eigenvalue weighted by atomic mass is 10.1. The number of carbonyl (C=O) groups is 1. The molecule has 0 aromatic heterocycles. The molecule has 0 radical (unpaired) electrons. The lowest BCUT2D eigenvalue weighted by molar-refractivity contribution is -0.901. The van der Waals surface area contributed by atoms with Crippen LogP contribution in [0.15, 0.2) is 48.5 Å². The highest BCUT2D eigenvalue weighted by Gasteiger charge is 2.15. The molecule has 1 saturated heterocycles. The molecule has 2 aromatic carbocycles. The Hall–Kier alpha value is -2.33. The first-order valence-electron chi connectivity index (χ1n) is 9.04. The van der Waals surface area contributed by atoms with E-state index in [1.165, 1.54) is 31.5 Å². The van der Waals surface area contributed by atoms with Crippen molar-refractivity contribution in [1.29, 1.82) is 0 Å². The number of amides is 1. The maximum Gasteiger partial charge on any atom is 0.224 e. The smallest absolute Gasteiger partial charge is 0.224 e. The quantitative estimate of drug-likeness (QED) is 0.807. The molecule has 132 valence electrons. The Bertz CT molecular complexity index is 674. The summed E-state index contributed by atoms with van der Waals surface area (Å²) in [7, 11) is 1.64. The first-order chi connectivity index (χ1) is 12.2. The normalized spacial score (nSPS) is 14.4. The Kier molecular flexibility index (Phi) is 6.07. The summed E-state index contributed by atoms with van der Waals surface area (Å²) in [5.41, 5.74) is 3.51. The lowest BCUT2D eigenvalue weighted by Crippen LogP contribution is -3.08. The van der Waals surface area contributed by atoms with Gasteiger partial charge in [0.05, 0.1) is 26.6 Å². The van der Waals surface area contributed by atoms with Gasteiger partial charge < -0.3 is 15.0 Å². The number of carbonyl (C=O) groups excluding carboxylic acids is 1. The van der Waals surface area contributed by atoms with E-state index in [0.717, 1.165) is 23.4 Å². The van der Waals surface area contributed by atoms with Crippen LogP contribution in [0.4, 0.5) is 0 Å². The van der Waals surface area contributed by atoms with Gasteiger partial charge >= 0.3 is 0 Å². The molecule has 1 heterocycles. The van der Waals surface area contributed by atoms with E-state index in [-0.39, 0.29) is 5.91 Å². The number of quaternary nitrogens is 1. The molecule has 0 aliphatic carbocycles. The minimum atomic E-state index is 0.0377. The van der Waals surface area contributed by atoms with E-state index in [2.05, 4.69) is 29.6 Å². The van der Waals surface area contributed by atoms with E-state index in [4.69, 9.17) is 4.74 Å². The van der Waals surface area contributed by atoms with Crippen molar-refractivity contribution in [3.8, 4) is 5.75 Å². The molecule has 1 aliphatic rings. The van der Waals surface area contributed by atoms with E-state index < -0.39 is 0 Å². The number of methoxy groups -OCH3 is 1.